The van der Waals surface area contributed by atoms with Gasteiger partial charge in [-0.05, 0) is 44.7 Å². The van der Waals surface area contributed by atoms with Crippen LogP contribution in [0.3, 0.4) is 0 Å². The average molecular weight is 291 g/mol. The molecule has 0 aromatic heterocycles. The fourth-order valence-corrected chi connectivity index (χ4v) is 3.16. The first-order valence-corrected chi connectivity index (χ1v) is 8.12. The predicted octanol–water partition coefficient (Wildman–Crippen LogP) is 3.43. The highest BCUT2D eigenvalue weighted by Gasteiger charge is 2.23. The molecule has 21 heavy (non-hydrogen) atoms. The SMILES string of the molecule is CCOCC1CCCN(CC(OC)c2cccc(C)c2)C1. The number of hydrogen-bond donors (Lipinski definition) is 0. The summed E-state index contributed by atoms with van der Waals surface area (Å²) in [6, 6.07) is 8.65. The van der Waals surface area contributed by atoms with Crippen LogP contribution in [0, 0.1) is 12.8 Å². The Morgan fingerprint density at radius 2 is 2.24 bits per heavy atom. The van der Waals surface area contributed by atoms with Crippen LogP contribution >= 0.6 is 0 Å². The van der Waals surface area contributed by atoms with E-state index in [9.17, 15) is 0 Å². The van der Waals surface area contributed by atoms with Crippen LogP contribution in [-0.4, -0.2) is 44.9 Å². The molecule has 0 N–H and O–H groups in total. The molecule has 1 aromatic rings. The van der Waals surface area contributed by atoms with E-state index < -0.39 is 0 Å². The summed E-state index contributed by atoms with van der Waals surface area (Å²) >= 11 is 0. The summed E-state index contributed by atoms with van der Waals surface area (Å²) in [5, 5.41) is 0. The van der Waals surface area contributed by atoms with E-state index in [0.29, 0.717) is 5.92 Å². The van der Waals surface area contributed by atoms with E-state index in [1.54, 1.807) is 0 Å². The van der Waals surface area contributed by atoms with Gasteiger partial charge in [-0.25, -0.2) is 0 Å². The number of nitrogens with zero attached hydrogens (tertiary/aromatic N) is 1. The largest absolute Gasteiger partial charge is 0.381 e. The first-order chi connectivity index (χ1) is 10.2. The van der Waals surface area contributed by atoms with Crippen LogP contribution in [0.5, 0.6) is 0 Å². The quantitative estimate of drug-likeness (QED) is 0.768. The van der Waals surface area contributed by atoms with Crippen LogP contribution in [0.1, 0.15) is 37.0 Å². The summed E-state index contributed by atoms with van der Waals surface area (Å²) in [5.74, 6) is 0.675. The highest BCUT2D eigenvalue weighted by molar-refractivity contribution is 5.24. The Balaban J connectivity index is 1.92. The van der Waals surface area contributed by atoms with E-state index in [-0.39, 0.29) is 6.10 Å². The third-order valence-electron chi connectivity index (χ3n) is 4.28. The van der Waals surface area contributed by atoms with Gasteiger partial charge in [0.05, 0.1) is 12.7 Å². The van der Waals surface area contributed by atoms with E-state index >= 15 is 0 Å². The molecule has 1 saturated heterocycles. The molecule has 0 aliphatic carbocycles. The van der Waals surface area contributed by atoms with Crippen LogP contribution in [-0.2, 0) is 9.47 Å². The molecule has 3 heteroatoms. The lowest BCUT2D eigenvalue weighted by Gasteiger charge is -2.34. The highest BCUT2D eigenvalue weighted by Crippen LogP contribution is 2.23. The van der Waals surface area contributed by atoms with Crippen molar-refractivity contribution >= 4 is 0 Å². The standard InChI is InChI=1S/C18H29NO2/c1-4-21-14-16-8-6-10-19(12-16)13-18(20-3)17-9-5-7-15(2)11-17/h5,7,9,11,16,18H,4,6,8,10,12-14H2,1-3H3. The average Bonchev–Trinajstić information content (AvgIpc) is 2.51. The fourth-order valence-electron chi connectivity index (χ4n) is 3.16. The van der Waals surface area contributed by atoms with Crippen molar-refractivity contribution in [3.8, 4) is 0 Å². The third-order valence-corrected chi connectivity index (χ3v) is 4.28. The maximum absolute atomic E-state index is 5.74. The number of aryl methyl sites for hydroxylation is 1. The number of ether oxygens (including phenoxy) is 2. The van der Waals surface area contributed by atoms with Gasteiger partial charge in [0.2, 0.25) is 0 Å². The topological polar surface area (TPSA) is 21.7 Å². The lowest BCUT2D eigenvalue weighted by molar-refractivity contribution is 0.0270. The minimum atomic E-state index is 0.163. The van der Waals surface area contributed by atoms with Gasteiger partial charge in [-0.2, -0.15) is 0 Å². The Morgan fingerprint density at radius 3 is 2.95 bits per heavy atom. The van der Waals surface area contributed by atoms with Crippen LogP contribution in [0.2, 0.25) is 0 Å². The smallest absolute Gasteiger partial charge is 0.0948 e. The van der Waals surface area contributed by atoms with Gasteiger partial charge in [-0.15, -0.1) is 0 Å². The van der Waals surface area contributed by atoms with Gasteiger partial charge in [0.1, 0.15) is 0 Å². The maximum atomic E-state index is 5.74. The van der Waals surface area contributed by atoms with Crippen molar-refractivity contribution in [2.45, 2.75) is 32.8 Å². The van der Waals surface area contributed by atoms with E-state index in [0.717, 1.165) is 26.3 Å². The summed E-state index contributed by atoms with van der Waals surface area (Å²) in [6.07, 6.45) is 2.72. The summed E-state index contributed by atoms with van der Waals surface area (Å²) in [5.41, 5.74) is 2.58. The van der Waals surface area contributed by atoms with Gasteiger partial charge in [0.25, 0.3) is 0 Å². The lowest BCUT2D eigenvalue weighted by atomic mass is 9.98. The fraction of sp³-hybridized carbons (Fsp3) is 0.667. The number of benzene rings is 1. The zero-order valence-corrected chi connectivity index (χ0v) is 13.7. The van der Waals surface area contributed by atoms with Gasteiger partial charge in [0.15, 0.2) is 0 Å². The van der Waals surface area contributed by atoms with Gasteiger partial charge in [-0.3, -0.25) is 0 Å². The molecular formula is C18H29NO2. The monoisotopic (exact) mass is 291 g/mol. The molecular weight excluding hydrogens is 262 g/mol. The zero-order chi connectivity index (χ0) is 15.1. The highest BCUT2D eigenvalue weighted by atomic mass is 16.5. The molecule has 3 nitrogen and oxygen atoms in total. The van der Waals surface area contributed by atoms with Gasteiger partial charge < -0.3 is 14.4 Å². The molecule has 0 spiro atoms. The number of rotatable bonds is 7. The van der Waals surface area contributed by atoms with E-state index in [1.165, 1.54) is 30.5 Å². The molecule has 2 rings (SSSR count). The molecule has 0 bridgehead atoms. The molecule has 0 saturated carbocycles. The molecule has 2 atom stereocenters. The predicted molar refractivity (Wildman–Crippen MR) is 86.6 cm³/mol. The Hall–Kier alpha value is -0.900. The van der Waals surface area contributed by atoms with Crippen molar-refractivity contribution in [3.63, 3.8) is 0 Å². The van der Waals surface area contributed by atoms with Crippen molar-refractivity contribution < 1.29 is 9.47 Å². The number of likely N-dealkylation sites (tertiary alicyclic amines) is 1. The van der Waals surface area contributed by atoms with E-state index in [2.05, 4.69) is 43.0 Å². The van der Waals surface area contributed by atoms with E-state index in [4.69, 9.17) is 9.47 Å². The molecule has 118 valence electrons. The van der Waals surface area contributed by atoms with Crippen LogP contribution in [0.4, 0.5) is 0 Å². The first-order valence-electron chi connectivity index (χ1n) is 8.12. The Kier molecular flexibility index (Phi) is 6.68. The van der Waals surface area contributed by atoms with Crippen molar-refractivity contribution in [2.24, 2.45) is 5.92 Å². The summed E-state index contributed by atoms with van der Waals surface area (Å²) < 4.78 is 11.3. The minimum Gasteiger partial charge on any atom is -0.381 e. The number of piperidine rings is 1. The third kappa shape index (κ3) is 5.10. The van der Waals surface area contributed by atoms with Crippen molar-refractivity contribution in [1.82, 2.24) is 4.90 Å². The van der Waals surface area contributed by atoms with Gasteiger partial charge >= 0.3 is 0 Å². The minimum absolute atomic E-state index is 0.163. The van der Waals surface area contributed by atoms with Crippen LogP contribution in [0.25, 0.3) is 0 Å². The second-order valence-corrected chi connectivity index (χ2v) is 6.07. The first kappa shape index (κ1) is 16.5. The van der Waals surface area contributed by atoms with Gasteiger partial charge in [0, 0.05) is 26.8 Å². The van der Waals surface area contributed by atoms with Crippen molar-refractivity contribution in [2.75, 3.05) is 40.0 Å². The summed E-state index contributed by atoms with van der Waals surface area (Å²) in [7, 11) is 1.81. The summed E-state index contributed by atoms with van der Waals surface area (Å²) in [6.45, 7) is 9.20. The molecule has 1 aliphatic heterocycles. The van der Waals surface area contributed by atoms with Gasteiger partial charge in [-0.1, -0.05) is 29.8 Å². The molecule has 1 fully saturated rings. The lowest BCUT2D eigenvalue weighted by Crippen LogP contribution is -2.39. The zero-order valence-electron chi connectivity index (χ0n) is 13.7. The Morgan fingerprint density at radius 1 is 1.38 bits per heavy atom. The molecule has 2 unspecified atom stereocenters. The Bertz CT molecular complexity index is 421. The Labute approximate surface area is 129 Å². The molecule has 1 heterocycles. The second-order valence-electron chi connectivity index (χ2n) is 6.07. The van der Waals surface area contributed by atoms with Crippen LogP contribution in [0.15, 0.2) is 24.3 Å². The number of hydrogen-bond acceptors (Lipinski definition) is 3. The normalized spacial score (nSPS) is 21.4. The maximum Gasteiger partial charge on any atom is 0.0948 e. The van der Waals surface area contributed by atoms with Crippen LogP contribution < -0.4 is 0 Å². The molecule has 0 radical (unpaired) electrons. The van der Waals surface area contributed by atoms with Crippen molar-refractivity contribution in [3.05, 3.63) is 35.4 Å². The van der Waals surface area contributed by atoms with E-state index in [1.807, 2.05) is 7.11 Å². The second kappa shape index (κ2) is 8.52. The van der Waals surface area contributed by atoms with Crippen molar-refractivity contribution in [1.29, 1.82) is 0 Å². The summed E-state index contributed by atoms with van der Waals surface area (Å²) in [4.78, 5) is 2.53. The number of methoxy groups -OCH3 is 1. The molecule has 1 aromatic carbocycles. The molecule has 1 aliphatic rings. The molecule has 0 amide bonds.